The number of nitrogens with one attached hydrogen (secondary N) is 1. The molecule has 1 atom stereocenters. The Morgan fingerprint density at radius 2 is 1.84 bits per heavy atom. The molecule has 1 N–H and O–H groups in total. The molecule has 0 aliphatic carbocycles. The van der Waals surface area contributed by atoms with Gasteiger partial charge in [-0.3, -0.25) is 4.79 Å². The monoisotopic (exact) mass is 515 g/mol. The molecule has 0 unspecified atom stereocenters. The van der Waals surface area contributed by atoms with Gasteiger partial charge in [-0.15, -0.1) is 0 Å². The predicted molar refractivity (Wildman–Crippen MR) is 144 cm³/mol. The summed E-state index contributed by atoms with van der Waals surface area (Å²) in [5.41, 5.74) is 3.43. The van der Waals surface area contributed by atoms with E-state index in [2.05, 4.69) is 10.4 Å². The fraction of sp³-hybridized carbons (Fsp3) is 0.179. The zero-order valence-corrected chi connectivity index (χ0v) is 21.2. The number of amides is 3. The molecule has 5 rings (SSSR count). The molecule has 0 radical (unpaired) electrons. The molecule has 0 saturated heterocycles. The average Bonchev–Trinajstić information content (AvgIpc) is 3.41. The topological polar surface area (TPSA) is 79.7 Å². The number of rotatable bonds is 4. The number of halogens is 1. The molecule has 188 valence electrons. The first-order valence-corrected chi connectivity index (χ1v) is 12.2. The summed E-state index contributed by atoms with van der Waals surface area (Å²) in [6.45, 7) is 2.60. The summed E-state index contributed by atoms with van der Waals surface area (Å²) < 4.78 is 6.88. The Kier molecular flexibility index (Phi) is 6.83. The van der Waals surface area contributed by atoms with Gasteiger partial charge in [0.1, 0.15) is 5.75 Å². The lowest BCUT2D eigenvalue weighted by molar-refractivity contribution is 0.0980. The quantitative estimate of drug-likeness (QED) is 0.382. The van der Waals surface area contributed by atoms with Gasteiger partial charge in [-0.1, -0.05) is 29.8 Å². The molecule has 4 aromatic rings. The van der Waals surface area contributed by atoms with E-state index in [-0.39, 0.29) is 18.0 Å². The van der Waals surface area contributed by atoms with Crippen molar-refractivity contribution in [3.63, 3.8) is 0 Å². The fourth-order valence-electron chi connectivity index (χ4n) is 4.43. The highest BCUT2D eigenvalue weighted by molar-refractivity contribution is 6.34. The Morgan fingerprint density at radius 3 is 2.54 bits per heavy atom. The number of carbonyl (C=O) groups excluding carboxylic acids is 2. The van der Waals surface area contributed by atoms with E-state index in [1.807, 2.05) is 49.5 Å². The van der Waals surface area contributed by atoms with E-state index in [1.54, 1.807) is 64.2 Å². The van der Waals surface area contributed by atoms with Gasteiger partial charge in [-0.05, 0) is 67.1 Å². The lowest BCUT2D eigenvalue weighted by Crippen LogP contribution is -2.46. The highest BCUT2D eigenvalue weighted by Gasteiger charge is 2.32. The van der Waals surface area contributed by atoms with Gasteiger partial charge in [0.15, 0.2) is 0 Å². The number of ether oxygens (including phenoxy) is 1. The molecule has 0 spiro atoms. The normalized spacial score (nSPS) is 15.1. The molecule has 9 heteroatoms. The van der Waals surface area contributed by atoms with Crippen molar-refractivity contribution in [1.29, 1.82) is 0 Å². The van der Waals surface area contributed by atoms with Crippen LogP contribution in [0.5, 0.6) is 5.75 Å². The summed E-state index contributed by atoms with van der Waals surface area (Å²) in [6.07, 6.45) is 3.49. The van der Waals surface area contributed by atoms with Crippen LogP contribution in [0, 0.1) is 0 Å². The van der Waals surface area contributed by atoms with Crippen LogP contribution in [0.1, 0.15) is 22.8 Å². The Labute approximate surface area is 220 Å². The van der Waals surface area contributed by atoms with Gasteiger partial charge in [-0.2, -0.15) is 5.10 Å². The maximum Gasteiger partial charge on any atom is 0.322 e. The SMILES string of the molecule is COc1ccc(NC(=O)N2Cc3ccccc3N(C(=O)c3ccc(-n4cccn4)cc3Cl)C[C@H]2C)cc1. The first kappa shape index (κ1) is 24.4. The number of hydrogen-bond donors (Lipinski definition) is 1. The van der Waals surface area contributed by atoms with E-state index >= 15 is 0 Å². The van der Waals surface area contributed by atoms with Gasteiger partial charge in [0, 0.05) is 42.9 Å². The van der Waals surface area contributed by atoms with Crippen LogP contribution >= 0.6 is 11.6 Å². The van der Waals surface area contributed by atoms with Gasteiger partial charge in [0.2, 0.25) is 0 Å². The maximum atomic E-state index is 13.8. The lowest BCUT2D eigenvalue weighted by atomic mass is 10.1. The molecule has 3 aromatic carbocycles. The number of anilines is 2. The number of aromatic nitrogens is 2. The Balaban J connectivity index is 1.41. The van der Waals surface area contributed by atoms with Crippen LogP contribution in [0.3, 0.4) is 0 Å². The van der Waals surface area contributed by atoms with Crippen LogP contribution in [-0.2, 0) is 6.54 Å². The molecule has 3 amide bonds. The minimum Gasteiger partial charge on any atom is -0.497 e. The minimum atomic E-state index is -0.267. The van der Waals surface area contributed by atoms with Crippen LogP contribution in [0.25, 0.3) is 5.69 Å². The number of hydrogen-bond acceptors (Lipinski definition) is 4. The minimum absolute atomic E-state index is 0.228. The third kappa shape index (κ3) is 5.01. The van der Waals surface area contributed by atoms with Crippen LogP contribution in [0.4, 0.5) is 16.2 Å². The van der Waals surface area contributed by atoms with Crippen LogP contribution in [0.2, 0.25) is 5.02 Å². The van der Waals surface area contributed by atoms with Gasteiger partial charge < -0.3 is 19.9 Å². The van der Waals surface area contributed by atoms with Crippen LogP contribution in [0.15, 0.2) is 85.2 Å². The molecule has 1 aliphatic heterocycles. The molecule has 0 fully saturated rings. The molecule has 0 saturated carbocycles. The number of nitrogens with zero attached hydrogens (tertiary/aromatic N) is 4. The van der Waals surface area contributed by atoms with Gasteiger partial charge in [0.05, 0.1) is 23.4 Å². The number of fused-ring (bicyclic) bond motifs is 1. The van der Waals surface area contributed by atoms with E-state index < -0.39 is 0 Å². The number of benzene rings is 3. The third-order valence-electron chi connectivity index (χ3n) is 6.40. The molecule has 2 heterocycles. The van der Waals surface area contributed by atoms with Crippen molar-refractivity contribution in [3.8, 4) is 11.4 Å². The summed E-state index contributed by atoms with van der Waals surface area (Å²) >= 11 is 6.58. The summed E-state index contributed by atoms with van der Waals surface area (Å²) in [6, 6.07) is 21.3. The molecule has 0 bridgehead atoms. The van der Waals surface area contributed by atoms with Crippen molar-refractivity contribution in [1.82, 2.24) is 14.7 Å². The van der Waals surface area contributed by atoms with Crippen molar-refractivity contribution in [3.05, 3.63) is 101 Å². The number of carbonyl (C=O) groups is 2. The predicted octanol–water partition coefficient (Wildman–Crippen LogP) is 5.62. The van der Waals surface area contributed by atoms with Gasteiger partial charge in [0.25, 0.3) is 5.91 Å². The Morgan fingerprint density at radius 1 is 1.05 bits per heavy atom. The highest BCUT2D eigenvalue weighted by Crippen LogP contribution is 2.31. The lowest BCUT2D eigenvalue weighted by Gasteiger charge is -2.29. The molecule has 1 aromatic heterocycles. The van der Waals surface area contributed by atoms with Crippen LogP contribution < -0.4 is 15.0 Å². The number of urea groups is 1. The zero-order chi connectivity index (χ0) is 25.9. The molecular formula is C28H26ClN5O3. The standard InChI is InChI=1S/C28H26ClN5O3/c1-19-17-33(27(35)24-13-10-22(16-25(24)29)34-15-5-14-30-34)26-7-4-3-6-20(26)18-32(19)28(36)31-21-8-11-23(37-2)12-9-21/h3-16,19H,17-18H2,1-2H3,(H,31,36)/t19-/m1/s1. The van der Waals surface area contributed by atoms with Gasteiger partial charge in [-0.25, -0.2) is 9.48 Å². The van der Waals surface area contributed by atoms with E-state index in [4.69, 9.17) is 16.3 Å². The second kappa shape index (κ2) is 10.4. The molecule has 1 aliphatic rings. The van der Waals surface area contributed by atoms with Crippen molar-refractivity contribution < 1.29 is 14.3 Å². The molecule has 37 heavy (non-hydrogen) atoms. The van der Waals surface area contributed by atoms with Crippen LogP contribution in [-0.4, -0.2) is 46.3 Å². The fourth-order valence-corrected chi connectivity index (χ4v) is 4.68. The van der Waals surface area contributed by atoms with E-state index in [1.165, 1.54) is 0 Å². The van der Waals surface area contributed by atoms with E-state index in [0.717, 1.165) is 16.9 Å². The first-order chi connectivity index (χ1) is 17.9. The number of methoxy groups -OCH3 is 1. The second-order valence-corrected chi connectivity index (χ2v) is 9.20. The van der Waals surface area contributed by atoms with Gasteiger partial charge >= 0.3 is 6.03 Å². The Bertz CT molecular complexity index is 1420. The second-order valence-electron chi connectivity index (χ2n) is 8.79. The van der Waals surface area contributed by atoms with Crippen molar-refractivity contribution >= 4 is 34.9 Å². The average molecular weight is 516 g/mol. The zero-order valence-electron chi connectivity index (χ0n) is 20.5. The van der Waals surface area contributed by atoms with Crippen molar-refractivity contribution in [2.24, 2.45) is 0 Å². The maximum absolute atomic E-state index is 13.8. The summed E-state index contributed by atoms with van der Waals surface area (Å²) in [5.74, 6) is 0.481. The van der Waals surface area contributed by atoms with E-state index in [9.17, 15) is 9.59 Å². The first-order valence-electron chi connectivity index (χ1n) is 11.9. The molecule has 8 nitrogen and oxygen atoms in total. The summed E-state index contributed by atoms with van der Waals surface area (Å²) in [5, 5.41) is 7.51. The third-order valence-corrected chi connectivity index (χ3v) is 6.71. The summed E-state index contributed by atoms with van der Waals surface area (Å²) in [4.78, 5) is 30.5. The number of para-hydroxylation sites is 1. The highest BCUT2D eigenvalue weighted by atomic mass is 35.5. The largest absolute Gasteiger partial charge is 0.497 e. The molecular weight excluding hydrogens is 490 g/mol. The van der Waals surface area contributed by atoms with Crippen molar-refractivity contribution in [2.45, 2.75) is 19.5 Å². The Hall–Kier alpha value is -4.30. The smallest absolute Gasteiger partial charge is 0.322 e. The summed E-state index contributed by atoms with van der Waals surface area (Å²) in [7, 11) is 1.60. The van der Waals surface area contributed by atoms with E-state index in [0.29, 0.717) is 35.1 Å². The van der Waals surface area contributed by atoms with Crippen molar-refractivity contribution in [2.75, 3.05) is 23.9 Å².